The first-order chi connectivity index (χ1) is 12.1. The summed E-state index contributed by atoms with van der Waals surface area (Å²) < 4.78 is 0. The molecule has 0 unspecified atom stereocenters. The largest absolute Gasteiger partial charge is 0.347 e. The van der Waals surface area contributed by atoms with Crippen molar-refractivity contribution in [3.05, 3.63) is 87.6 Å². The molecule has 1 aromatic heterocycles. The van der Waals surface area contributed by atoms with E-state index in [9.17, 15) is 9.59 Å². The van der Waals surface area contributed by atoms with Crippen LogP contribution in [0.5, 0.6) is 0 Å². The van der Waals surface area contributed by atoms with E-state index in [1.54, 1.807) is 35.7 Å². The molecular weight excluding hydrogens is 332 g/mol. The van der Waals surface area contributed by atoms with Gasteiger partial charge in [-0.15, -0.1) is 11.3 Å². The smallest absolute Gasteiger partial charge is 0.263 e. The fourth-order valence-electron chi connectivity index (χ4n) is 2.34. The summed E-state index contributed by atoms with van der Waals surface area (Å²) in [5.41, 5.74) is 3.30. The van der Waals surface area contributed by atoms with Crippen LogP contribution in [0.4, 0.5) is 5.69 Å². The average molecular weight is 350 g/mol. The van der Waals surface area contributed by atoms with Gasteiger partial charge in [0.2, 0.25) is 0 Å². The van der Waals surface area contributed by atoms with Crippen molar-refractivity contribution in [2.24, 2.45) is 0 Å². The predicted molar refractivity (Wildman–Crippen MR) is 101 cm³/mol. The number of nitrogens with one attached hydrogen (secondary N) is 2. The number of carbonyl (C=O) groups is 2. The van der Waals surface area contributed by atoms with Gasteiger partial charge in [-0.1, -0.05) is 48.0 Å². The zero-order valence-electron chi connectivity index (χ0n) is 13.8. The molecule has 0 saturated heterocycles. The number of rotatable bonds is 5. The molecule has 0 aliphatic heterocycles. The topological polar surface area (TPSA) is 58.2 Å². The Kier molecular flexibility index (Phi) is 5.26. The van der Waals surface area contributed by atoms with E-state index < -0.39 is 0 Å². The van der Waals surface area contributed by atoms with Gasteiger partial charge in [0.25, 0.3) is 11.8 Å². The van der Waals surface area contributed by atoms with Crippen LogP contribution in [0.25, 0.3) is 0 Å². The molecule has 0 saturated carbocycles. The summed E-state index contributed by atoms with van der Waals surface area (Å²) in [7, 11) is 0. The zero-order valence-corrected chi connectivity index (χ0v) is 14.6. The number of carbonyl (C=O) groups excluding carboxylic acids is 2. The van der Waals surface area contributed by atoms with Crippen LogP contribution in [0.1, 0.15) is 31.2 Å². The third kappa shape index (κ3) is 4.33. The molecule has 126 valence electrons. The van der Waals surface area contributed by atoms with Crippen LogP contribution in [0, 0.1) is 6.92 Å². The molecule has 0 radical (unpaired) electrons. The van der Waals surface area contributed by atoms with E-state index >= 15 is 0 Å². The van der Waals surface area contributed by atoms with E-state index in [2.05, 4.69) is 10.6 Å². The Hall–Kier alpha value is -2.92. The van der Waals surface area contributed by atoms with Gasteiger partial charge in [-0.2, -0.15) is 0 Å². The SMILES string of the molecule is Cc1ccc(CNC(=O)c2sccc2NC(=O)c2ccccc2)cc1. The zero-order chi connectivity index (χ0) is 17.6. The van der Waals surface area contributed by atoms with Gasteiger partial charge in [0, 0.05) is 12.1 Å². The Bertz CT molecular complexity index is 870. The molecule has 2 N–H and O–H groups in total. The standard InChI is InChI=1S/C20H18N2O2S/c1-14-7-9-15(10-8-14)13-21-20(24)18-17(11-12-25-18)22-19(23)16-5-3-2-4-6-16/h2-12H,13H2,1H3,(H,21,24)(H,22,23). The third-order valence-electron chi connectivity index (χ3n) is 3.73. The number of hydrogen-bond donors (Lipinski definition) is 2. The molecule has 0 bridgehead atoms. The van der Waals surface area contributed by atoms with Crippen molar-refractivity contribution >= 4 is 28.8 Å². The van der Waals surface area contributed by atoms with Crippen LogP contribution in [0.2, 0.25) is 0 Å². The number of aryl methyl sites for hydroxylation is 1. The fraction of sp³-hybridized carbons (Fsp3) is 0.100. The van der Waals surface area contributed by atoms with E-state index in [1.807, 2.05) is 37.3 Å². The van der Waals surface area contributed by atoms with E-state index in [4.69, 9.17) is 0 Å². The van der Waals surface area contributed by atoms with Crippen molar-refractivity contribution in [2.45, 2.75) is 13.5 Å². The van der Waals surface area contributed by atoms with Crippen molar-refractivity contribution in [3.63, 3.8) is 0 Å². The van der Waals surface area contributed by atoms with Crippen molar-refractivity contribution in [3.8, 4) is 0 Å². The Morgan fingerprint density at radius 2 is 1.64 bits per heavy atom. The summed E-state index contributed by atoms with van der Waals surface area (Å²) >= 11 is 1.31. The number of thiophene rings is 1. The highest BCUT2D eigenvalue weighted by atomic mass is 32.1. The number of amides is 2. The van der Waals surface area contributed by atoms with Gasteiger partial charge in [-0.25, -0.2) is 0 Å². The fourth-order valence-corrected chi connectivity index (χ4v) is 3.10. The van der Waals surface area contributed by atoms with E-state index in [-0.39, 0.29) is 11.8 Å². The van der Waals surface area contributed by atoms with E-state index in [0.29, 0.717) is 22.7 Å². The summed E-state index contributed by atoms with van der Waals surface area (Å²) in [6.07, 6.45) is 0. The molecule has 1 heterocycles. The highest BCUT2D eigenvalue weighted by Crippen LogP contribution is 2.23. The minimum Gasteiger partial charge on any atom is -0.347 e. The van der Waals surface area contributed by atoms with Gasteiger partial charge in [0.05, 0.1) is 5.69 Å². The van der Waals surface area contributed by atoms with Crippen LogP contribution in [0.15, 0.2) is 66.0 Å². The normalized spacial score (nSPS) is 10.3. The molecule has 3 aromatic rings. The first-order valence-electron chi connectivity index (χ1n) is 7.91. The van der Waals surface area contributed by atoms with E-state index in [1.165, 1.54) is 16.9 Å². The second kappa shape index (κ2) is 7.77. The maximum absolute atomic E-state index is 12.4. The van der Waals surface area contributed by atoms with Crippen LogP contribution < -0.4 is 10.6 Å². The maximum Gasteiger partial charge on any atom is 0.263 e. The maximum atomic E-state index is 12.4. The van der Waals surface area contributed by atoms with Gasteiger partial charge in [0.1, 0.15) is 4.88 Å². The number of anilines is 1. The Balaban J connectivity index is 1.65. The lowest BCUT2D eigenvalue weighted by atomic mass is 10.1. The quantitative estimate of drug-likeness (QED) is 0.723. The van der Waals surface area contributed by atoms with Gasteiger partial charge in [-0.05, 0) is 36.1 Å². The molecule has 0 atom stereocenters. The van der Waals surface area contributed by atoms with Crippen molar-refractivity contribution in [2.75, 3.05) is 5.32 Å². The second-order valence-corrected chi connectivity index (χ2v) is 6.57. The molecule has 0 aliphatic rings. The average Bonchev–Trinajstić information content (AvgIpc) is 3.10. The summed E-state index contributed by atoms with van der Waals surface area (Å²) in [6.45, 7) is 2.47. The molecule has 0 aliphatic carbocycles. The summed E-state index contributed by atoms with van der Waals surface area (Å²) in [5, 5.41) is 7.49. The molecular formula is C20H18N2O2S. The molecule has 2 aromatic carbocycles. The van der Waals surface area contributed by atoms with Crippen molar-refractivity contribution in [1.29, 1.82) is 0 Å². The monoisotopic (exact) mass is 350 g/mol. The lowest BCUT2D eigenvalue weighted by molar-refractivity contribution is 0.0956. The predicted octanol–water partition coefficient (Wildman–Crippen LogP) is 4.24. The lowest BCUT2D eigenvalue weighted by Crippen LogP contribution is -2.23. The summed E-state index contributed by atoms with van der Waals surface area (Å²) in [6, 6.07) is 18.7. The Morgan fingerprint density at radius 3 is 2.36 bits per heavy atom. The van der Waals surface area contributed by atoms with Crippen LogP contribution in [0.3, 0.4) is 0 Å². The third-order valence-corrected chi connectivity index (χ3v) is 4.64. The van der Waals surface area contributed by atoms with Gasteiger partial charge in [-0.3, -0.25) is 9.59 Å². The van der Waals surface area contributed by atoms with Crippen LogP contribution in [-0.2, 0) is 6.54 Å². The van der Waals surface area contributed by atoms with Gasteiger partial charge < -0.3 is 10.6 Å². The molecule has 0 spiro atoms. The highest BCUT2D eigenvalue weighted by molar-refractivity contribution is 7.12. The number of hydrogen-bond acceptors (Lipinski definition) is 3. The van der Waals surface area contributed by atoms with Crippen molar-refractivity contribution in [1.82, 2.24) is 5.32 Å². The Labute approximate surface area is 150 Å². The molecule has 2 amide bonds. The van der Waals surface area contributed by atoms with Crippen molar-refractivity contribution < 1.29 is 9.59 Å². The summed E-state index contributed by atoms with van der Waals surface area (Å²) in [5.74, 6) is -0.425. The van der Waals surface area contributed by atoms with Gasteiger partial charge >= 0.3 is 0 Å². The molecule has 0 fully saturated rings. The Morgan fingerprint density at radius 1 is 0.920 bits per heavy atom. The molecule has 5 heteroatoms. The molecule has 3 rings (SSSR count). The first-order valence-corrected chi connectivity index (χ1v) is 8.79. The number of benzene rings is 2. The van der Waals surface area contributed by atoms with Gasteiger partial charge in [0.15, 0.2) is 0 Å². The van der Waals surface area contributed by atoms with E-state index in [0.717, 1.165) is 5.56 Å². The van der Waals surface area contributed by atoms with Crippen LogP contribution in [-0.4, -0.2) is 11.8 Å². The lowest BCUT2D eigenvalue weighted by Gasteiger charge is -2.08. The minimum absolute atomic E-state index is 0.195. The molecule has 25 heavy (non-hydrogen) atoms. The second-order valence-electron chi connectivity index (χ2n) is 5.65. The minimum atomic E-state index is -0.230. The first kappa shape index (κ1) is 16.9. The molecule has 4 nitrogen and oxygen atoms in total. The highest BCUT2D eigenvalue weighted by Gasteiger charge is 2.15. The van der Waals surface area contributed by atoms with Crippen LogP contribution >= 0.6 is 11.3 Å². The summed E-state index contributed by atoms with van der Waals surface area (Å²) in [4.78, 5) is 25.2.